The number of carbonyl (C=O) groups is 1. The molecule has 0 aliphatic carbocycles. The van der Waals surface area contributed by atoms with E-state index in [0.717, 1.165) is 19.3 Å². The maximum atomic E-state index is 14.1. The predicted octanol–water partition coefficient (Wildman–Crippen LogP) is 3.85. The Morgan fingerprint density at radius 1 is 1.15 bits per heavy atom. The molecule has 3 rings (SSSR count). The summed E-state index contributed by atoms with van der Waals surface area (Å²) in [6.45, 7) is 7.21. The third kappa shape index (κ3) is 9.06. The highest BCUT2D eigenvalue weighted by Crippen LogP contribution is 2.29. The number of hydrogen-bond acceptors (Lipinski definition) is 8. The molecular formula is C30H45N3O7S. The zero-order valence-corrected chi connectivity index (χ0v) is 25.8. The first kappa shape index (κ1) is 32.7. The molecule has 0 spiro atoms. The van der Waals surface area contributed by atoms with Gasteiger partial charge in [0.1, 0.15) is 11.5 Å². The number of benzene rings is 2. The van der Waals surface area contributed by atoms with Crippen LogP contribution in [0.3, 0.4) is 0 Å². The SMILES string of the molecule is COc1ccc(S(=O)(=O)Nc2ccc3c(c2)C(=O)N([C@@H](C)CO)C[C@@H](C)[C@H](CN(C)C)OCCCC[C@@H](C)O3)cc1. The number of carbonyl (C=O) groups excluding carboxylic acids is 1. The van der Waals surface area contributed by atoms with Crippen molar-refractivity contribution < 1.29 is 32.5 Å². The minimum absolute atomic E-state index is 0.0293. The van der Waals surface area contributed by atoms with Gasteiger partial charge < -0.3 is 29.1 Å². The van der Waals surface area contributed by atoms with Gasteiger partial charge in [0.05, 0.1) is 42.4 Å². The number of aliphatic hydroxyl groups is 1. The number of hydrogen-bond donors (Lipinski definition) is 2. The molecule has 0 bridgehead atoms. The number of likely N-dealkylation sites (N-methyl/N-ethyl adjacent to an activating group) is 1. The van der Waals surface area contributed by atoms with E-state index in [9.17, 15) is 18.3 Å². The molecule has 0 unspecified atom stereocenters. The topological polar surface area (TPSA) is 118 Å². The van der Waals surface area contributed by atoms with Crippen LogP contribution in [-0.2, 0) is 14.8 Å². The monoisotopic (exact) mass is 591 g/mol. The van der Waals surface area contributed by atoms with Gasteiger partial charge in [-0.2, -0.15) is 0 Å². The first-order chi connectivity index (χ1) is 19.4. The van der Waals surface area contributed by atoms with Crippen molar-refractivity contribution >= 4 is 21.6 Å². The highest BCUT2D eigenvalue weighted by molar-refractivity contribution is 7.92. The molecule has 0 saturated heterocycles. The van der Waals surface area contributed by atoms with Gasteiger partial charge in [-0.3, -0.25) is 9.52 Å². The second kappa shape index (κ2) is 14.9. The summed E-state index contributed by atoms with van der Waals surface area (Å²) in [6, 6.07) is 10.3. The van der Waals surface area contributed by atoms with E-state index in [1.165, 1.54) is 25.3 Å². The Morgan fingerprint density at radius 2 is 1.85 bits per heavy atom. The van der Waals surface area contributed by atoms with Crippen molar-refractivity contribution in [1.29, 1.82) is 0 Å². The normalized spacial score (nSPS) is 21.9. The fourth-order valence-electron chi connectivity index (χ4n) is 4.78. The highest BCUT2D eigenvalue weighted by atomic mass is 32.2. The summed E-state index contributed by atoms with van der Waals surface area (Å²) < 4.78 is 46.5. The van der Waals surface area contributed by atoms with E-state index < -0.39 is 16.1 Å². The van der Waals surface area contributed by atoms with Crippen molar-refractivity contribution in [2.24, 2.45) is 5.92 Å². The average Bonchev–Trinajstić information content (AvgIpc) is 2.94. The van der Waals surface area contributed by atoms with Crippen LogP contribution in [0.25, 0.3) is 0 Å². The number of amides is 1. The maximum absolute atomic E-state index is 14.1. The third-order valence-corrected chi connectivity index (χ3v) is 8.62. The van der Waals surface area contributed by atoms with Gasteiger partial charge in [-0.05, 0) is 89.7 Å². The van der Waals surface area contributed by atoms with Crippen LogP contribution in [0.4, 0.5) is 5.69 Å². The zero-order chi connectivity index (χ0) is 30.2. The van der Waals surface area contributed by atoms with Crippen molar-refractivity contribution in [2.75, 3.05) is 52.2 Å². The molecule has 1 aliphatic rings. The summed E-state index contributed by atoms with van der Waals surface area (Å²) in [6.07, 6.45) is 2.28. The number of rotatable bonds is 8. The molecule has 0 saturated carbocycles. The Bertz CT molecular complexity index is 1240. The number of nitrogens with one attached hydrogen (secondary N) is 1. The van der Waals surface area contributed by atoms with E-state index >= 15 is 0 Å². The van der Waals surface area contributed by atoms with Crippen molar-refractivity contribution in [2.45, 2.75) is 63.2 Å². The molecule has 0 fully saturated rings. The quantitative estimate of drug-likeness (QED) is 0.476. The molecule has 10 nitrogen and oxygen atoms in total. The summed E-state index contributed by atoms with van der Waals surface area (Å²) >= 11 is 0. The van der Waals surface area contributed by atoms with E-state index in [-0.39, 0.29) is 46.8 Å². The van der Waals surface area contributed by atoms with Gasteiger partial charge >= 0.3 is 0 Å². The second-order valence-corrected chi connectivity index (χ2v) is 12.7. The number of methoxy groups -OCH3 is 1. The van der Waals surface area contributed by atoms with Crippen LogP contribution in [0, 0.1) is 5.92 Å². The lowest BCUT2D eigenvalue weighted by atomic mass is 10.0. The molecule has 0 aromatic heterocycles. The van der Waals surface area contributed by atoms with Gasteiger partial charge in [0.15, 0.2) is 0 Å². The van der Waals surface area contributed by atoms with Gasteiger partial charge in [0.2, 0.25) is 0 Å². The zero-order valence-electron chi connectivity index (χ0n) is 25.0. The third-order valence-electron chi connectivity index (χ3n) is 7.22. The summed E-state index contributed by atoms with van der Waals surface area (Å²) in [4.78, 5) is 17.9. The number of fused-ring (bicyclic) bond motifs is 1. The van der Waals surface area contributed by atoms with E-state index in [4.69, 9.17) is 14.2 Å². The van der Waals surface area contributed by atoms with Crippen molar-refractivity contribution in [3.63, 3.8) is 0 Å². The number of nitrogens with zero attached hydrogens (tertiary/aromatic N) is 2. The molecular weight excluding hydrogens is 546 g/mol. The molecule has 228 valence electrons. The standard InChI is InChI=1S/C30H45N3O7S/c1-21-18-33(22(2)20-34)30(35)27-17-24(31-41(36,37)26-13-11-25(38-6)12-14-26)10-15-28(27)40-23(3)9-7-8-16-39-29(21)19-32(4)5/h10-15,17,21-23,29,31,34H,7-9,16,18-20H2,1-6H3/t21-,22+,23-,29+/m1/s1. The van der Waals surface area contributed by atoms with E-state index in [2.05, 4.69) is 9.62 Å². The fraction of sp³-hybridized carbons (Fsp3) is 0.567. The summed E-state index contributed by atoms with van der Waals surface area (Å²) in [5, 5.41) is 10.1. The Balaban J connectivity index is 2.01. The maximum Gasteiger partial charge on any atom is 0.261 e. The molecule has 2 aromatic carbocycles. The van der Waals surface area contributed by atoms with Crippen LogP contribution in [0.2, 0.25) is 0 Å². The average molecular weight is 592 g/mol. The molecule has 4 atom stereocenters. The van der Waals surface area contributed by atoms with Crippen LogP contribution in [-0.4, -0.2) is 95.0 Å². The minimum Gasteiger partial charge on any atom is -0.497 e. The molecule has 41 heavy (non-hydrogen) atoms. The van der Waals surface area contributed by atoms with Gasteiger partial charge in [-0.25, -0.2) is 8.42 Å². The predicted molar refractivity (Wildman–Crippen MR) is 159 cm³/mol. The van der Waals surface area contributed by atoms with Gasteiger partial charge in [-0.15, -0.1) is 0 Å². The second-order valence-electron chi connectivity index (χ2n) is 11.1. The number of anilines is 1. The first-order valence-corrected chi connectivity index (χ1v) is 15.6. The minimum atomic E-state index is -3.94. The smallest absolute Gasteiger partial charge is 0.261 e. The van der Waals surface area contributed by atoms with Crippen LogP contribution in [0.1, 0.15) is 50.4 Å². The lowest BCUT2D eigenvalue weighted by molar-refractivity contribution is -0.0137. The van der Waals surface area contributed by atoms with Crippen molar-refractivity contribution in [3.8, 4) is 11.5 Å². The summed E-state index contributed by atoms with van der Waals surface area (Å²) in [7, 11) is 1.55. The number of sulfonamides is 1. The molecule has 11 heteroatoms. The fourth-order valence-corrected chi connectivity index (χ4v) is 5.83. The Kier molecular flexibility index (Phi) is 11.8. The lowest BCUT2D eigenvalue weighted by Gasteiger charge is -2.35. The summed E-state index contributed by atoms with van der Waals surface area (Å²) in [5.74, 6) is 0.526. The molecule has 0 radical (unpaired) electrons. The van der Waals surface area contributed by atoms with E-state index in [1.54, 1.807) is 36.1 Å². The van der Waals surface area contributed by atoms with Crippen LogP contribution in [0.5, 0.6) is 11.5 Å². The van der Waals surface area contributed by atoms with Crippen LogP contribution < -0.4 is 14.2 Å². The van der Waals surface area contributed by atoms with Gasteiger partial charge in [0.25, 0.3) is 15.9 Å². The molecule has 2 N–H and O–H groups in total. The van der Waals surface area contributed by atoms with Gasteiger partial charge in [0, 0.05) is 31.3 Å². The van der Waals surface area contributed by atoms with E-state index in [0.29, 0.717) is 31.2 Å². The van der Waals surface area contributed by atoms with Gasteiger partial charge in [-0.1, -0.05) is 6.92 Å². The van der Waals surface area contributed by atoms with Crippen LogP contribution in [0.15, 0.2) is 47.4 Å². The van der Waals surface area contributed by atoms with Crippen molar-refractivity contribution in [1.82, 2.24) is 9.80 Å². The molecule has 1 amide bonds. The van der Waals surface area contributed by atoms with E-state index in [1.807, 2.05) is 27.9 Å². The Labute approximate surface area is 244 Å². The van der Waals surface area contributed by atoms with Crippen molar-refractivity contribution in [3.05, 3.63) is 48.0 Å². The van der Waals surface area contributed by atoms with Crippen LogP contribution >= 0.6 is 0 Å². The summed E-state index contributed by atoms with van der Waals surface area (Å²) in [5.41, 5.74) is 0.449. The Morgan fingerprint density at radius 3 is 2.49 bits per heavy atom. The molecule has 1 heterocycles. The number of aliphatic hydroxyl groups excluding tert-OH is 1. The molecule has 1 aliphatic heterocycles. The largest absolute Gasteiger partial charge is 0.497 e. The first-order valence-electron chi connectivity index (χ1n) is 14.1. The highest BCUT2D eigenvalue weighted by Gasteiger charge is 2.30. The Hall–Kier alpha value is -2.86. The number of ether oxygens (including phenoxy) is 3. The molecule has 2 aromatic rings. The lowest BCUT2D eigenvalue weighted by Crippen LogP contribution is -2.47.